The zero-order chi connectivity index (χ0) is 28.8. The Bertz CT molecular complexity index is 1380. The molecule has 7 nitrogen and oxygen atoms in total. The molecule has 3 rings (SSSR count). The Morgan fingerprint density at radius 2 is 1.51 bits per heavy atom. The summed E-state index contributed by atoms with van der Waals surface area (Å²) in [6.07, 6.45) is 1.32. The van der Waals surface area contributed by atoms with Crippen LogP contribution in [0.15, 0.2) is 78.9 Å². The van der Waals surface area contributed by atoms with Crippen LogP contribution in [0, 0.1) is 3.57 Å². The van der Waals surface area contributed by atoms with Crippen LogP contribution in [0.5, 0.6) is 0 Å². The lowest BCUT2D eigenvalue weighted by Gasteiger charge is -2.35. The minimum atomic E-state index is -3.81. The first-order valence-corrected chi connectivity index (χ1v) is 15.7. The summed E-state index contributed by atoms with van der Waals surface area (Å²) < 4.78 is 27.6. The average Bonchev–Trinajstić information content (AvgIpc) is 2.85. The zero-order valence-electron chi connectivity index (χ0n) is 22.4. The fourth-order valence-electron chi connectivity index (χ4n) is 4.01. The van der Waals surface area contributed by atoms with E-state index in [2.05, 4.69) is 27.9 Å². The van der Waals surface area contributed by atoms with E-state index in [1.807, 2.05) is 51.1 Å². The topological polar surface area (TPSA) is 86.8 Å². The summed E-state index contributed by atoms with van der Waals surface area (Å²) in [6.45, 7) is 5.25. The van der Waals surface area contributed by atoms with Crippen molar-refractivity contribution in [3.8, 4) is 0 Å². The molecule has 0 saturated heterocycles. The Hall–Kier alpha value is -2.63. The number of carbonyl (C=O) groups is 2. The zero-order valence-corrected chi connectivity index (χ0v) is 26.1. The highest BCUT2D eigenvalue weighted by Crippen LogP contribution is 2.22. The molecular formula is C29H33ClIN3O4S. The maximum Gasteiger partial charge on any atom is 0.244 e. The number of hydrogen-bond donors (Lipinski definition) is 1. The van der Waals surface area contributed by atoms with Crippen LogP contribution in [0.2, 0.25) is 5.02 Å². The molecule has 0 unspecified atom stereocenters. The molecule has 0 saturated carbocycles. The van der Waals surface area contributed by atoms with Gasteiger partial charge in [-0.1, -0.05) is 54.1 Å². The van der Waals surface area contributed by atoms with E-state index < -0.39 is 34.1 Å². The van der Waals surface area contributed by atoms with Crippen molar-refractivity contribution in [2.24, 2.45) is 0 Å². The molecule has 0 radical (unpaired) electrons. The van der Waals surface area contributed by atoms with Crippen LogP contribution < -0.4 is 9.62 Å². The van der Waals surface area contributed by atoms with Gasteiger partial charge in [0.1, 0.15) is 12.6 Å². The number of sulfonamides is 1. The number of benzene rings is 3. The van der Waals surface area contributed by atoms with Crippen molar-refractivity contribution in [3.63, 3.8) is 0 Å². The van der Waals surface area contributed by atoms with Crippen LogP contribution in [-0.4, -0.2) is 49.5 Å². The van der Waals surface area contributed by atoms with Crippen LogP contribution in [-0.2, 0) is 32.6 Å². The summed E-state index contributed by atoms with van der Waals surface area (Å²) in [7, 11) is -3.81. The summed E-state index contributed by atoms with van der Waals surface area (Å²) >= 11 is 8.21. The second-order valence-electron chi connectivity index (χ2n) is 10.3. The average molecular weight is 682 g/mol. The van der Waals surface area contributed by atoms with Gasteiger partial charge in [0.15, 0.2) is 0 Å². The molecule has 0 fully saturated rings. The monoisotopic (exact) mass is 681 g/mol. The van der Waals surface area contributed by atoms with Gasteiger partial charge in [0.25, 0.3) is 0 Å². The van der Waals surface area contributed by atoms with Crippen molar-refractivity contribution in [3.05, 3.63) is 98.6 Å². The van der Waals surface area contributed by atoms with E-state index in [0.717, 1.165) is 25.3 Å². The summed E-state index contributed by atoms with van der Waals surface area (Å²) in [4.78, 5) is 29.2. The lowest BCUT2D eigenvalue weighted by molar-refractivity contribution is -0.140. The van der Waals surface area contributed by atoms with Gasteiger partial charge >= 0.3 is 0 Å². The first kappa shape index (κ1) is 30.9. The van der Waals surface area contributed by atoms with Crippen LogP contribution >= 0.6 is 34.2 Å². The predicted octanol–water partition coefficient (Wildman–Crippen LogP) is 5.27. The number of halogens is 2. The molecule has 0 heterocycles. The van der Waals surface area contributed by atoms with Gasteiger partial charge in [0, 0.05) is 27.1 Å². The third-order valence-corrected chi connectivity index (χ3v) is 7.94. The molecule has 208 valence electrons. The molecule has 10 heteroatoms. The first-order chi connectivity index (χ1) is 18.2. The number of nitrogens with zero attached hydrogens (tertiary/aromatic N) is 2. The Balaban J connectivity index is 2.06. The van der Waals surface area contributed by atoms with Crippen molar-refractivity contribution < 1.29 is 18.0 Å². The lowest BCUT2D eigenvalue weighted by atomic mass is 10.0. The van der Waals surface area contributed by atoms with E-state index in [4.69, 9.17) is 11.6 Å². The summed E-state index contributed by atoms with van der Waals surface area (Å²) in [5.74, 6) is -0.826. The second kappa shape index (κ2) is 13.1. The van der Waals surface area contributed by atoms with Gasteiger partial charge in [0.05, 0.1) is 11.9 Å². The Morgan fingerprint density at radius 3 is 2.05 bits per heavy atom. The number of anilines is 1. The molecule has 1 N–H and O–H groups in total. The molecular weight excluding hydrogens is 649 g/mol. The highest BCUT2D eigenvalue weighted by molar-refractivity contribution is 14.1. The molecule has 0 aromatic heterocycles. The Kier molecular flexibility index (Phi) is 10.4. The maximum absolute atomic E-state index is 14.0. The molecule has 0 aliphatic rings. The van der Waals surface area contributed by atoms with Crippen molar-refractivity contribution in [2.75, 3.05) is 17.1 Å². The van der Waals surface area contributed by atoms with Crippen LogP contribution in [0.4, 0.5) is 5.69 Å². The molecule has 3 aromatic carbocycles. The number of hydrogen-bond acceptors (Lipinski definition) is 4. The quantitative estimate of drug-likeness (QED) is 0.296. The third-order valence-electron chi connectivity index (χ3n) is 5.83. The largest absolute Gasteiger partial charge is 0.350 e. The summed E-state index contributed by atoms with van der Waals surface area (Å²) in [5.41, 5.74) is 1.46. The lowest BCUT2D eigenvalue weighted by Crippen LogP contribution is -2.56. The minimum absolute atomic E-state index is 0.0926. The maximum atomic E-state index is 14.0. The van der Waals surface area contributed by atoms with Gasteiger partial charge in [-0.15, -0.1) is 0 Å². The SMILES string of the molecule is CC(C)(C)NC(=O)[C@H](Cc1ccccc1)N(Cc1ccc(Cl)cc1)C(=O)CN(c1ccc(I)cc1)S(C)(=O)=O. The normalized spacial score (nSPS) is 12.5. The number of carbonyl (C=O) groups excluding carboxylic acids is 2. The van der Waals surface area contributed by atoms with E-state index in [1.165, 1.54) is 4.90 Å². The van der Waals surface area contributed by atoms with E-state index in [-0.39, 0.29) is 18.9 Å². The van der Waals surface area contributed by atoms with E-state index in [9.17, 15) is 18.0 Å². The van der Waals surface area contributed by atoms with Crippen LogP contribution in [0.3, 0.4) is 0 Å². The van der Waals surface area contributed by atoms with Gasteiger partial charge in [-0.05, 0) is 90.9 Å². The molecule has 0 aliphatic carbocycles. The number of rotatable bonds is 10. The second-order valence-corrected chi connectivity index (χ2v) is 13.9. The van der Waals surface area contributed by atoms with Crippen molar-refractivity contribution in [2.45, 2.75) is 45.3 Å². The Morgan fingerprint density at radius 1 is 0.923 bits per heavy atom. The van der Waals surface area contributed by atoms with E-state index in [0.29, 0.717) is 10.7 Å². The molecule has 0 aliphatic heterocycles. The predicted molar refractivity (Wildman–Crippen MR) is 165 cm³/mol. The number of amides is 2. The molecule has 0 spiro atoms. The molecule has 39 heavy (non-hydrogen) atoms. The molecule has 2 amide bonds. The molecule has 1 atom stereocenters. The Labute approximate surface area is 249 Å². The third kappa shape index (κ3) is 9.51. The highest BCUT2D eigenvalue weighted by Gasteiger charge is 2.34. The van der Waals surface area contributed by atoms with Gasteiger partial charge in [-0.2, -0.15) is 0 Å². The van der Waals surface area contributed by atoms with Crippen LogP contribution in [0.25, 0.3) is 0 Å². The van der Waals surface area contributed by atoms with Gasteiger partial charge in [0.2, 0.25) is 21.8 Å². The number of nitrogens with one attached hydrogen (secondary N) is 1. The molecule has 0 bridgehead atoms. The van der Waals surface area contributed by atoms with Crippen molar-refractivity contribution >= 4 is 61.7 Å². The minimum Gasteiger partial charge on any atom is -0.350 e. The van der Waals surface area contributed by atoms with Crippen molar-refractivity contribution in [1.82, 2.24) is 10.2 Å². The fourth-order valence-corrected chi connectivity index (χ4v) is 5.35. The van der Waals surface area contributed by atoms with Crippen LogP contribution in [0.1, 0.15) is 31.9 Å². The molecule has 3 aromatic rings. The van der Waals surface area contributed by atoms with E-state index in [1.54, 1.807) is 48.5 Å². The standard InChI is InChI=1S/C29H33ClIN3O4S/c1-29(2,3)32-28(36)26(18-21-8-6-5-7-9-21)33(19-22-10-12-23(30)13-11-22)27(35)20-34(39(4,37)38)25-16-14-24(31)15-17-25/h5-17,26H,18-20H2,1-4H3,(H,32,36)/t26-/m0/s1. The van der Waals surface area contributed by atoms with Gasteiger partial charge in [-0.3, -0.25) is 13.9 Å². The van der Waals surface area contributed by atoms with Crippen molar-refractivity contribution in [1.29, 1.82) is 0 Å². The first-order valence-electron chi connectivity index (χ1n) is 12.4. The van der Waals surface area contributed by atoms with Gasteiger partial charge in [-0.25, -0.2) is 8.42 Å². The summed E-state index contributed by atoms with van der Waals surface area (Å²) in [6, 6.07) is 22.4. The smallest absolute Gasteiger partial charge is 0.244 e. The van der Waals surface area contributed by atoms with Gasteiger partial charge < -0.3 is 10.2 Å². The fraction of sp³-hybridized carbons (Fsp3) is 0.310. The summed E-state index contributed by atoms with van der Waals surface area (Å²) in [5, 5.41) is 3.55. The highest BCUT2D eigenvalue weighted by atomic mass is 127. The van der Waals surface area contributed by atoms with E-state index >= 15 is 0 Å².